The molecule has 0 aliphatic carbocycles. The third-order valence-corrected chi connectivity index (χ3v) is 7.54. The molecule has 3 amide bonds. The van der Waals surface area contributed by atoms with Crippen LogP contribution in [-0.2, 0) is 29.1 Å². The molecule has 1 unspecified atom stereocenters. The fraction of sp³-hybridized carbons (Fsp3) is 0.357. The van der Waals surface area contributed by atoms with E-state index in [4.69, 9.17) is 0 Å². The van der Waals surface area contributed by atoms with Gasteiger partial charge in [0, 0.05) is 43.2 Å². The van der Waals surface area contributed by atoms with Crippen molar-refractivity contribution in [3.05, 3.63) is 77.0 Å². The number of hydrogen-bond donors (Lipinski definition) is 1. The van der Waals surface area contributed by atoms with Crippen molar-refractivity contribution in [1.29, 1.82) is 0 Å². The molecule has 3 aromatic rings. The number of fused-ring (bicyclic) bond motifs is 2. The Morgan fingerprint density at radius 3 is 2.77 bits per heavy atom. The van der Waals surface area contributed by atoms with Gasteiger partial charge in [0.05, 0.1) is 5.52 Å². The van der Waals surface area contributed by atoms with Crippen molar-refractivity contribution in [3.63, 3.8) is 0 Å². The van der Waals surface area contributed by atoms with Crippen molar-refractivity contribution in [3.8, 4) is 0 Å². The molecule has 0 bridgehead atoms. The molecule has 1 aromatic heterocycles. The molecule has 4 heterocycles. The lowest BCUT2D eigenvalue weighted by atomic mass is 9.96. The van der Waals surface area contributed by atoms with Crippen LogP contribution in [0, 0.1) is 5.92 Å². The van der Waals surface area contributed by atoms with Crippen LogP contribution in [0.2, 0.25) is 0 Å². The molecule has 0 radical (unpaired) electrons. The standard InChI is InChI=1S/C28H28N4O3/c33-26-8-7-25(27(34)30-26)32-17-22-12-18(5-6-23(22)28(32)35)11-19-9-10-31(15-19)16-20-13-21-3-1-2-4-24(21)29-14-20/h1-6,12-14,19,25H,7-11,15-17H2,(H,30,33,34)/t19-,25?/m1/s1. The van der Waals surface area contributed by atoms with Gasteiger partial charge in [-0.05, 0) is 66.6 Å². The van der Waals surface area contributed by atoms with E-state index < -0.39 is 6.04 Å². The van der Waals surface area contributed by atoms with Crippen molar-refractivity contribution in [1.82, 2.24) is 20.1 Å². The number of benzene rings is 2. The summed E-state index contributed by atoms with van der Waals surface area (Å²) in [5.74, 6) is -0.169. The molecule has 1 N–H and O–H groups in total. The zero-order valence-electron chi connectivity index (χ0n) is 19.6. The highest BCUT2D eigenvalue weighted by atomic mass is 16.2. The van der Waals surface area contributed by atoms with E-state index in [0.717, 1.165) is 43.6 Å². The molecule has 2 aromatic carbocycles. The van der Waals surface area contributed by atoms with Gasteiger partial charge in [-0.25, -0.2) is 0 Å². The first kappa shape index (κ1) is 21.9. The first-order valence-corrected chi connectivity index (χ1v) is 12.4. The molecule has 6 rings (SSSR count). The van der Waals surface area contributed by atoms with Crippen LogP contribution < -0.4 is 5.32 Å². The van der Waals surface area contributed by atoms with E-state index >= 15 is 0 Å². The summed E-state index contributed by atoms with van der Waals surface area (Å²) in [6.07, 6.45) is 4.78. The SMILES string of the molecule is O=C1CCC(N2Cc3cc(C[C@H]4CCN(Cc5cnc6ccccc6c5)C4)ccc3C2=O)C(=O)N1. The summed E-state index contributed by atoms with van der Waals surface area (Å²) < 4.78 is 0. The summed E-state index contributed by atoms with van der Waals surface area (Å²) in [7, 11) is 0. The minimum Gasteiger partial charge on any atom is -0.322 e. The van der Waals surface area contributed by atoms with Crippen molar-refractivity contribution in [2.45, 2.75) is 44.8 Å². The zero-order valence-corrected chi connectivity index (χ0v) is 19.6. The monoisotopic (exact) mass is 468 g/mol. The quantitative estimate of drug-likeness (QED) is 0.582. The Bertz CT molecular complexity index is 1340. The number of carbonyl (C=O) groups is 3. The molecule has 2 atom stereocenters. The van der Waals surface area contributed by atoms with Crippen LogP contribution in [0.25, 0.3) is 10.9 Å². The predicted molar refractivity (Wildman–Crippen MR) is 131 cm³/mol. The summed E-state index contributed by atoms with van der Waals surface area (Å²) in [6, 6.07) is 16.0. The van der Waals surface area contributed by atoms with E-state index in [1.807, 2.05) is 30.5 Å². The van der Waals surface area contributed by atoms with Gasteiger partial charge in [-0.15, -0.1) is 0 Å². The van der Waals surface area contributed by atoms with Gasteiger partial charge in [-0.2, -0.15) is 0 Å². The van der Waals surface area contributed by atoms with E-state index in [2.05, 4.69) is 39.5 Å². The fourth-order valence-electron chi connectivity index (χ4n) is 5.77. The number of carbonyl (C=O) groups excluding carboxylic acids is 3. The fourth-order valence-corrected chi connectivity index (χ4v) is 5.77. The molecular weight excluding hydrogens is 440 g/mol. The third-order valence-electron chi connectivity index (χ3n) is 7.54. The van der Waals surface area contributed by atoms with Gasteiger partial charge in [0.2, 0.25) is 11.8 Å². The van der Waals surface area contributed by atoms with Gasteiger partial charge in [-0.1, -0.05) is 30.3 Å². The summed E-state index contributed by atoms with van der Waals surface area (Å²) >= 11 is 0. The predicted octanol–water partition coefficient (Wildman–Crippen LogP) is 3.06. The van der Waals surface area contributed by atoms with Crippen molar-refractivity contribution in [2.75, 3.05) is 13.1 Å². The highest BCUT2D eigenvalue weighted by molar-refractivity contribution is 6.05. The second-order valence-corrected chi connectivity index (χ2v) is 10.0. The number of likely N-dealkylation sites (tertiary alicyclic amines) is 1. The average Bonchev–Trinajstić information content (AvgIpc) is 3.42. The highest BCUT2D eigenvalue weighted by Crippen LogP contribution is 2.30. The van der Waals surface area contributed by atoms with E-state index in [-0.39, 0.29) is 24.1 Å². The van der Waals surface area contributed by atoms with Crippen LogP contribution in [0.1, 0.15) is 46.3 Å². The number of amides is 3. The Morgan fingerprint density at radius 2 is 1.89 bits per heavy atom. The average molecular weight is 469 g/mol. The lowest BCUT2D eigenvalue weighted by Gasteiger charge is -2.29. The first-order valence-electron chi connectivity index (χ1n) is 12.4. The number of aromatic nitrogens is 1. The number of imide groups is 1. The Labute approximate surface area is 204 Å². The number of pyridine rings is 1. The second kappa shape index (κ2) is 8.89. The number of nitrogens with zero attached hydrogens (tertiary/aromatic N) is 3. The van der Waals surface area contributed by atoms with Crippen LogP contribution in [0.3, 0.4) is 0 Å². The van der Waals surface area contributed by atoms with Crippen LogP contribution in [0.5, 0.6) is 0 Å². The number of nitrogens with one attached hydrogen (secondary N) is 1. The number of para-hydroxylation sites is 1. The molecule has 178 valence electrons. The van der Waals surface area contributed by atoms with Crippen molar-refractivity contribution < 1.29 is 14.4 Å². The second-order valence-electron chi connectivity index (χ2n) is 10.0. The van der Waals surface area contributed by atoms with Gasteiger partial charge in [-0.3, -0.25) is 29.6 Å². The van der Waals surface area contributed by atoms with Gasteiger partial charge in [0.15, 0.2) is 0 Å². The molecule has 3 aliphatic heterocycles. The Balaban J connectivity index is 1.08. The van der Waals surface area contributed by atoms with Crippen LogP contribution in [0.15, 0.2) is 54.7 Å². The molecule has 0 spiro atoms. The molecule has 0 saturated carbocycles. The summed E-state index contributed by atoms with van der Waals surface area (Å²) in [5.41, 5.74) is 5.17. The molecule has 7 nitrogen and oxygen atoms in total. The van der Waals surface area contributed by atoms with Gasteiger partial charge in [0.25, 0.3) is 5.91 Å². The highest BCUT2D eigenvalue weighted by Gasteiger charge is 2.39. The molecule has 3 aliphatic rings. The minimum atomic E-state index is -0.566. The largest absolute Gasteiger partial charge is 0.322 e. The van der Waals surface area contributed by atoms with Crippen LogP contribution >= 0.6 is 0 Å². The minimum absolute atomic E-state index is 0.114. The number of rotatable bonds is 5. The molecular formula is C28H28N4O3. The number of piperidine rings is 1. The van der Waals surface area contributed by atoms with E-state index in [1.54, 1.807) is 4.90 Å². The summed E-state index contributed by atoms with van der Waals surface area (Å²) in [5, 5.41) is 3.54. The summed E-state index contributed by atoms with van der Waals surface area (Å²) in [4.78, 5) is 45.4. The van der Waals surface area contributed by atoms with Crippen LogP contribution in [-0.4, -0.2) is 51.6 Å². The van der Waals surface area contributed by atoms with E-state index in [0.29, 0.717) is 24.4 Å². The molecule has 7 heteroatoms. The lowest BCUT2D eigenvalue weighted by Crippen LogP contribution is -2.52. The Morgan fingerprint density at radius 1 is 1.00 bits per heavy atom. The molecule has 2 saturated heterocycles. The van der Waals surface area contributed by atoms with Crippen LogP contribution in [0.4, 0.5) is 0 Å². The van der Waals surface area contributed by atoms with Gasteiger partial charge >= 0.3 is 0 Å². The maximum absolute atomic E-state index is 12.9. The molecule has 2 fully saturated rings. The van der Waals surface area contributed by atoms with Gasteiger partial charge in [0.1, 0.15) is 6.04 Å². The maximum atomic E-state index is 12.9. The maximum Gasteiger partial charge on any atom is 0.255 e. The van der Waals surface area contributed by atoms with E-state index in [9.17, 15) is 14.4 Å². The Hall–Kier alpha value is -3.58. The lowest BCUT2D eigenvalue weighted by molar-refractivity contribution is -0.136. The van der Waals surface area contributed by atoms with Gasteiger partial charge < -0.3 is 4.90 Å². The van der Waals surface area contributed by atoms with E-state index in [1.165, 1.54) is 16.5 Å². The third kappa shape index (κ3) is 4.32. The zero-order chi connectivity index (χ0) is 23.9. The smallest absolute Gasteiger partial charge is 0.255 e. The Kier molecular flexibility index (Phi) is 5.57. The normalized spacial score (nSPS) is 22.6. The number of hydrogen-bond acceptors (Lipinski definition) is 5. The van der Waals surface area contributed by atoms with Crippen molar-refractivity contribution in [2.24, 2.45) is 5.92 Å². The first-order chi connectivity index (χ1) is 17.0. The summed E-state index contributed by atoms with van der Waals surface area (Å²) in [6.45, 7) is 3.46. The van der Waals surface area contributed by atoms with Crippen molar-refractivity contribution >= 4 is 28.6 Å². The topological polar surface area (TPSA) is 82.6 Å². The molecule has 35 heavy (non-hydrogen) atoms.